The second kappa shape index (κ2) is 10.4. The third-order valence-corrected chi connectivity index (χ3v) is 7.68. The smallest absolute Gasteiger partial charge is 0.320 e. The van der Waals surface area contributed by atoms with E-state index in [1.54, 1.807) is 17.8 Å². The highest BCUT2D eigenvalue weighted by Gasteiger charge is 2.34. The van der Waals surface area contributed by atoms with Crippen LogP contribution in [0.1, 0.15) is 48.5 Å². The summed E-state index contributed by atoms with van der Waals surface area (Å²) in [5, 5.41) is 16.7. The summed E-state index contributed by atoms with van der Waals surface area (Å²) in [6.07, 6.45) is 4.40. The van der Waals surface area contributed by atoms with Gasteiger partial charge < -0.3 is 15.7 Å². The number of carbonyl (C=O) groups excluding carboxylic acids is 1. The first kappa shape index (κ1) is 23.3. The molecular formula is C25H30N4O3S. The van der Waals surface area contributed by atoms with Gasteiger partial charge in [0.15, 0.2) is 0 Å². The summed E-state index contributed by atoms with van der Waals surface area (Å²) >= 11 is 1.54. The lowest BCUT2D eigenvalue weighted by Crippen LogP contribution is -2.38. The van der Waals surface area contributed by atoms with Gasteiger partial charge in [-0.15, -0.1) is 11.8 Å². The monoisotopic (exact) mass is 466 g/mol. The number of nitrogen functional groups attached to an aromatic ring is 1. The van der Waals surface area contributed by atoms with Gasteiger partial charge in [0.05, 0.1) is 5.69 Å². The van der Waals surface area contributed by atoms with E-state index in [0.29, 0.717) is 12.1 Å². The lowest BCUT2D eigenvalue weighted by atomic mass is 10.1. The molecule has 2 aliphatic heterocycles. The summed E-state index contributed by atoms with van der Waals surface area (Å²) in [6, 6.07) is 15.0. The van der Waals surface area contributed by atoms with Gasteiger partial charge in [0.1, 0.15) is 17.1 Å². The lowest BCUT2D eigenvalue weighted by molar-refractivity contribution is -0.142. The maximum Gasteiger partial charge on any atom is 0.320 e. The molecule has 0 aliphatic carbocycles. The van der Waals surface area contributed by atoms with Crippen molar-refractivity contribution in [1.29, 1.82) is 5.41 Å². The van der Waals surface area contributed by atoms with Crippen molar-refractivity contribution < 1.29 is 14.7 Å². The van der Waals surface area contributed by atoms with Crippen LogP contribution in [-0.2, 0) is 9.59 Å². The Labute approximate surface area is 198 Å². The summed E-state index contributed by atoms with van der Waals surface area (Å²) in [7, 11) is 0. The number of hydrogen-bond acceptors (Lipinski definition) is 5. The van der Waals surface area contributed by atoms with Crippen molar-refractivity contribution in [2.45, 2.75) is 48.3 Å². The number of hydrogen-bond donors (Lipinski definition) is 3. The number of carboxylic acids is 1. The normalized spacial score (nSPS) is 20.6. The number of unbranched alkanes of at least 4 members (excludes halogenated alkanes) is 2. The van der Waals surface area contributed by atoms with Gasteiger partial charge in [0, 0.05) is 17.0 Å². The summed E-state index contributed by atoms with van der Waals surface area (Å²) in [4.78, 5) is 29.9. The molecule has 7 nitrogen and oxygen atoms in total. The van der Waals surface area contributed by atoms with Gasteiger partial charge in [-0.3, -0.25) is 19.9 Å². The average Bonchev–Trinajstić information content (AvgIpc) is 3.29. The largest absolute Gasteiger partial charge is 0.480 e. The Morgan fingerprint density at radius 3 is 2.70 bits per heavy atom. The highest BCUT2D eigenvalue weighted by molar-refractivity contribution is 8.00. The van der Waals surface area contributed by atoms with E-state index in [-0.39, 0.29) is 23.0 Å². The van der Waals surface area contributed by atoms with Crippen LogP contribution < -0.4 is 10.6 Å². The maximum atomic E-state index is 13.5. The lowest BCUT2D eigenvalue weighted by Gasteiger charge is -2.34. The molecule has 0 radical (unpaired) electrons. The Morgan fingerprint density at radius 2 is 1.91 bits per heavy atom. The number of nitrogens with one attached hydrogen (secondary N) is 1. The minimum atomic E-state index is -0.722. The Kier molecular flexibility index (Phi) is 7.35. The zero-order valence-electron chi connectivity index (χ0n) is 18.6. The molecule has 0 spiro atoms. The Morgan fingerprint density at radius 1 is 1.12 bits per heavy atom. The van der Waals surface area contributed by atoms with Gasteiger partial charge in [0.25, 0.3) is 0 Å². The number of nitrogens with two attached hydrogens (primary N) is 1. The van der Waals surface area contributed by atoms with Crippen molar-refractivity contribution in [1.82, 2.24) is 4.90 Å². The van der Waals surface area contributed by atoms with E-state index >= 15 is 0 Å². The SMILES string of the molecule is N=C(N)c1cccc(C2Sc3ccccc3N(CCCCCN3CCCC3C(=O)O)C2=O)c1. The summed E-state index contributed by atoms with van der Waals surface area (Å²) in [5.41, 5.74) is 8.07. The van der Waals surface area contributed by atoms with Crippen molar-refractivity contribution in [3.63, 3.8) is 0 Å². The van der Waals surface area contributed by atoms with E-state index in [4.69, 9.17) is 11.1 Å². The van der Waals surface area contributed by atoms with Crippen molar-refractivity contribution in [2.75, 3.05) is 24.5 Å². The van der Waals surface area contributed by atoms with Crippen molar-refractivity contribution in [3.8, 4) is 0 Å². The number of aliphatic carboxylic acids is 1. The number of carbonyl (C=O) groups is 2. The molecule has 1 fully saturated rings. The average molecular weight is 467 g/mol. The number of thioether (sulfide) groups is 1. The van der Waals surface area contributed by atoms with Gasteiger partial charge in [-0.2, -0.15) is 0 Å². The van der Waals surface area contributed by atoms with Gasteiger partial charge in [-0.25, -0.2) is 0 Å². The molecule has 0 saturated carbocycles. The number of amidine groups is 1. The molecule has 2 aliphatic rings. The summed E-state index contributed by atoms with van der Waals surface area (Å²) < 4.78 is 0. The van der Waals surface area contributed by atoms with Crippen LogP contribution in [0.3, 0.4) is 0 Å². The van der Waals surface area contributed by atoms with Crippen LogP contribution in [-0.4, -0.2) is 53.4 Å². The molecule has 0 bridgehead atoms. The third kappa shape index (κ3) is 5.23. The minimum absolute atomic E-state index is 0.00879. The van der Waals surface area contributed by atoms with Gasteiger partial charge in [0.2, 0.25) is 5.91 Å². The number of rotatable bonds is 9. The number of carboxylic acid groups (broad SMARTS) is 1. The van der Waals surface area contributed by atoms with Crippen LogP contribution in [0.25, 0.3) is 0 Å². The number of anilines is 1. The fourth-order valence-corrected chi connectivity index (χ4v) is 5.88. The molecule has 0 aromatic heterocycles. The molecule has 2 aromatic rings. The molecule has 174 valence electrons. The highest BCUT2D eigenvalue weighted by Crippen LogP contribution is 2.46. The second-order valence-electron chi connectivity index (χ2n) is 8.59. The van der Waals surface area contributed by atoms with Crippen LogP contribution in [0.5, 0.6) is 0 Å². The molecule has 1 amide bonds. The number of para-hydroxylation sites is 1. The molecule has 8 heteroatoms. The van der Waals surface area contributed by atoms with Gasteiger partial charge in [-0.1, -0.05) is 36.8 Å². The molecule has 2 heterocycles. The minimum Gasteiger partial charge on any atom is -0.480 e. The Hall–Kier alpha value is -2.84. The zero-order chi connectivity index (χ0) is 23.4. The number of benzene rings is 2. The van der Waals surface area contributed by atoms with Crippen LogP contribution in [0.2, 0.25) is 0 Å². The standard InChI is InChI=1S/C25H30N4O3S/c26-23(27)18-9-6-8-17(16-18)22-24(30)29(19-10-2-3-12-21(19)33-22)15-5-1-4-13-28-14-7-11-20(28)25(31)32/h2-3,6,8-10,12,16,20,22H,1,4-5,7,11,13-15H2,(H3,26,27)(H,31,32). The Bertz CT molecular complexity index is 1040. The van der Waals surface area contributed by atoms with E-state index < -0.39 is 5.97 Å². The van der Waals surface area contributed by atoms with Crippen molar-refractivity contribution in [2.24, 2.45) is 5.73 Å². The Balaban J connectivity index is 1.41. The number of nitrogens with zero attached hydrogens (tertiary/aromatic N) is 2. The molecule has 1 saturated heterocycles. The van der Waals surface area contributed by atoms with E-state index in [1.807, 2.05) is 47.4 Å². The number of fused-ring (bicyclic) bond motifs is 1. The first-order valence-corrected chi connectivity index (χ1v) is 12.3. The summed E-state index contributed by atoms with van der Waals surface area (Å²) in [5.74, 6) is -0.684. The van der Waals surface area contributed by atoms with Crippen molar-refractivity contribution in [3.05, 3.63) is 59.7 Å². The van der Waals surface area contributed by atoms with E-state index in [2.05, 4.69) is 4.90 Å². The van der Waals surface area contributed by atoms with Crippen molar-refractivity contribution >= 4 is 35.2 Å². The predicted octanol–water partition coefficient (Wildman–Crippen LogP) is 3.87. The molecule has 2 atom stereocenters. The molecule has 4 N–H and O–H groups in total. The topological polar surface area (TPSA) is 111 Å². The first-order chi connectivity index (χ1) is 16.0. The van der Waals surface area contributed by atoms with Crippen LogP contribution in [0.4, 0.5) is 5.69 Å². The van der Waals surface area contributed by atoms with Gasteiger partial charge in [-0.05, 0) is 62.5 Å². The van der Waals surface area contributed by atoms with E-state index in [1.165, 1.54) is 0 Å². The van der Waals surface area contributed by atoms with Crippen LogP contribution in [0.15, 0.2) is 53.4 Å². The molecule has 4 rings (SSSR count). The molecule has 2 aromatic carbocycles. The maximum absolute atomic E-state index is 13.5. The molecular weight excluding hydrogens is 436 g/mol. The number of likely N-dealkylation sites (tertiary alicyclic amines) is 1. The highest BCUT2D eigenvalue weighted by atomic mass is 32.2. The third-order valence-electron chi connectivity index (χ3n) is 6.37. The van der Waals surface area contributed by atoms with E-state index in [0.717, 1.165) is 61.3 Å². The fraction of sp³-hybridized carbons (Fsp3) is 0.400. The number of amides is 1. The van der Waals surface area contributed by atoms with Crippen LogP contribution >= 0.6 is 11.8 Å². The van der Waals surface area contributed by atoms with Gasteiger partial charge >= 0.3 is 5.97 Å². The molecule has 33 heavy (non-hydrogen) atoms. The quantitative estimate of drug-likeness (QED) is 0.294. The first-order valence-electron chi connectivity index (χ1n) is 11.4. The van der Waals surface area contributed by atoms with Crippen LogP contribution in [0, 0.1) is 5.41 Å². The zero-order valence-corrected chi connectivity index (χ0v) is 19.4. The second-order valence-corrected chi connectivity index (χ2v) is 9.73. The molecule has 2 unspecified atom stereocenters. The summed E-state index contributed by atoms with van der Waals surface area (Å²) in [6.45, 7) is 2.27. The van der Waals surface area contributed by atoms with E-state index in [9.17, 15) is 14.7 Å². The fourth-order valence-electron chi connectivity index (χ4n) is 4.66. The predicted molar refractivity (Wildman–Crippen MR) is 131 cm³/mol.